The van der Waals surface area contributed by atoms with Gasteiger partial charge >= 0.3 is 0 Å². The highest BCUT2D eigenvalue weighted by Gasteiger charge is 1.96. The molecule has 0 atom stereocenters. The summed E-state index contributed by atoms with van der Waals surface area (Å²) in [6, 6.07) is 0. The maximum atomic E-state index is 10.7. The van der Waals surface area contributed by atoms with Gasteiger partial charge < -0.3 is 20.8 Å². The van der Waals surface area contributed by atoms with E-state index in [-0.39, 0.29) is 25.5 Å². The zero-order chi connectivity index (χ0) is 9.23. The van der Waals surface area contributed by atoms with E-state index in [1.807, 2.05) is 0 Å². The lowest BCUT2D eigenvalue weighted by Gasteiger charge is -2.04. The second-order valence-corrected chi connectivity index (χ2v) is 2.30. The fourth-order valence-electron chi connectivity index (χ4n) is 0.684. The lowest BCUT2D eigenvalue weighted by atomic mass is 10.4. The molecule has 0 aliphatic carbocycles. The third kappa shape index (κ3) is 7.46. The van der Waals surface area contributed by atoms with Crippen molar-refractivity contribution in [3.05, 3.63) is 0 Å². The van der Waals surface area contributed by atoms with Gasteiger partial charge in [0.05, 0.1) is 13.2 Å². The van der Waals surface area contributed by atoms with Crippen LogP contribution in [0.5, 0.6) is 0 Å². The molecule has 72 valence electrons. The molecule has 0 unspecified atom stereocenters. The highest BCUT2D eigenvalue weighted by molar-refractivity contribution is 5.75. The fraction of sp³-hybridized carbons (Fsp3) is 0.857. The molecule has 5 nitrogen and oxygen atoms in total. The van der Waals surface area contributed by atoms with E-state index in [0.29, 0.717) is 19.6 Å². The third-order valence-electron chi connectivity index (χ3n) is 1.25. The molecular formula is C7H16N2O3. The molecule has 0 aliphatic heterocycles. The predicted molar refractivity (Wildman–Crippen MR) is 44.7 cm³/mol. The molecule has 0 aromatic heterocycles. The van der Waals surface area contributed by atoms with Crippen LogP contribution in [0.3, 0.4) is 0 Å². The van der Waals surface area contributed by atoms with Gasteiger partial charge in [0.1, 0.15) is 0 Å². The van der Waals surface area contributed by atoms with Gasteiger partial charge in [-0.25, -0.2) is 0 Å². The van der Waals surface area contributed by atoms with Gasteiger partial charge in [-0.2, -0.15) is 0 Å². The van der Waals surface area contributed by atoms with Crippen LogP contribution in [0.2, 0.25) is 0 Å². The maximum absolute atomic E-state index is 10.7. The molecule has 0 aromatic rings. The van der Waals surface area contributed by atoms with Crippen molar-refractivity contribution in [3.63, 3.8) is 0 Å². The van der Waals surface area contributed by atoms with Crippen LogP contribution in [0, 0.1) is 0 Å². The molecule has 0 radical (unpaired) electrons. The number of hydrogen-bond acceptors (Lipinski definition) is 4. The van der Waals surface area contributed by atoms with E-state index in [2.05, 4.69) is 10.6 Å². The summed E-state index contributed by atoms with van der Waals surface area (Å²) in [6.07, 6.45) is 0.153. The van der Waals surface area contributed by atoms with Gasteiger partial charge in [-0.1, -0.05) is 0 Å². The Bertz CT molecular complexity index is 119. The second kappa shape index (κ2) is 8.45. The third-order valence-corrected chi connectivity index (χ3v) is 1.25. The Hall–Kier alpha value is -0.650. The Morgan fingerprint density at radius 1 is 1.08 bits per heavy atom. The maximum Gasteiger partial charge on any atom is 0.222 e. The molecule has 0 saturated heterocycles. The van der Waals surface area contributed by atoms with Gasteiger partial charge in [0.2, 0.25) is 5.91 Å². The summed E-state index contributed by atoms with van der Waals surface area (Å²) in [7, 11) is 0. The van der Waals surface area contributed by atoms with Crippen LogP contribution in [0.25, 0.3) is 0 Å². The summed E-state index contributed by atoms with van der Waals surface area (Å²) >= 11 is 0. The summed E-state index contributed by atoms with van der Waals surface area (Å²) in [5, 5.41) is 22.2. The molecule has 12 heavy (non-hydrogen) atoms. The van der Waals surface area contributed by atoms with E-state index >= 15 is 0 Å². The van der Waals surface area contributed by atoms with Crippen molar-refractivity contribution in [3.8, 4) is 0 Å². The van der Waals surface area contributed by atoms with E-state index in [1.54, 1.807) is 0 Å². The summed E-state index contributed by atoms with van der Waals surface area (Å²) < 4.78 is 0. The molecule has 0 aliphatic rings. The number of rotatable bonds is 7. The normalized spacial score (nSPS) is 9.83. The monoisotopic (exact) mass is 176 g/mol. The van der Waals surface area contributed by atoms with Crippen molar-refractivity contribution in [1.82, 2.24) is 10.6 Å². The number of carbonyl (C=O) groups excluding carboxylic acids is 1. The zero-order valence-corrected chi connectivity index (χ0v) is 7.05. The van der Waals surface area contributed by atoms with E-state index in [1.165, 1.54) is 0 Å². The van der Waals surface area contributed by atoms with Crippen LogP contribution in [-0.4, -0.2) is 49.0 Å². The molecule has 0 rings (SSSR count). The number of nitrogens with one attached hydrogen (secondary N) is 2. The molecule has 0 spiro atoms. The summed E-state index contributed by atoms with van der Waals surface area (Å²) in [5.41, 5.74) is 0. The number of carbonyl (C=O) groups is 1. The number of aliphatic hydroxyl groups excluding tert-OH is 2. The van der Waals surface area contributed by atoms with Crippen molar-refractivity contribution >= 4 is 5.91 Å². The molecule has 0 aromatic carbocycles. The first-order valence-corrected chi connectivity index (χ1v) is 4.00. The second-order valence-electron chi connectivity index (χ2n) is 2.30. The molecule has 0 heterocycles. The lowest BCUT2D eigenvalue weighted by molar-refractivity contribution is -0.121. The highest BCUT2D eigenvalue weighted by atomic mass is 16.3. The van der Waals surface area contributed by atoms with Crippen LogP contribution >= 0.6 is 0 Å². The van der Waals surface area contributed by atoms with Gasteiger partial charge in [0.25, 0.3) is 0 Å². The Labute approximate surface area is 71.8 Å². The van der Waals surface area contributed by atoms with Crippen molar-refractivity contribution in [2.24, 2.45) is 0 Å². The minimum Gasteiger partial charge on any atom is -0.396 e. The van der Waals surface area contributed by atoms with Crippen LogP contribution < -0.4 is 10.6 Å². The molecule has 0 bridgehead atoms. The summed E-state index contributed by atoms with van der Waals surface area (Å²) in [5.74, 6) is -0.150. The average molecular weight is 176 g/mol. The number of aliphatic hydroxyl groups is 2. The van der Waals surface area contributed by atoms with Crippen LogP contribution in [-0.2, 0) is 4.79 Å². The Kier molecular flexibility index (Phi) is 7.99. The number of amides is 1. The summed E-state index contributed by atoms with van der Waals surface area (Å²) in [4.78, 5) is 10.7. The zero-order valence-electron chi connectivity index (χ0n) is 7.05. The fourth-order valence-corrected chi connectivity index (χ4v) is 0.684. The standard InChI is InChI=1S/C7H16N2O3/c10-5-1-7(12)9-3-2-8-4-6-11/h8,10-11H,1-6H2,(H,9,12). The number of hydrogen-bond donors (Lipinski definition) is 4. The minimum absolute atomic E-state index is 0.102. The van der Waals surface area contributed by atoms with Crippen molar-refractivity contribution in [2.75, 3.05) is 32.8 Å². The van der Waals surface area contributed by atoms with Gasteiger partial charge in [-0.3, -0.25) is 4.79 Å². The van der Waals surface area contributed by atoms with Crippen molar-refractivity contribution < 1.29 is 15.0 Å². The Balaban J connectivity index is 3.03. The first-order chi connectivity index (χ1) is 5.81. The first kappa shape index (κ1) is 11.4. The average Bonchev–Trinajstić information content (AvgIpc) is 2.05. The van der Waals surface area contributed by atoms with E-state index < -0.39 is 0 Å². The van der Waals surface area contributed by atoms with E-state index in [4.69, 9.17) is 10.2 Å². The predicted octanol–water partition coefficient (Wildman–Crippen LogP) is -1.93. The summed E-state index contributed by atoms with van der Waals surface area (Å²) in [6.45, 7) is 1.69. The molecule has 0 saturated carbocycles. The van der Waals surface area contributed by atoms with Crippen molar-refractivity contribution in [1.29, 1.82) is 0 Å². The quantitative estimate of drug-likeness (QED) is 0.340. The van der Waals surface area contributed by atoms with Gasteiger partial charge in [-0.15, -0.1) is 0 Å². The van der Waals surface area contributed by atoms with Crippen LogP contribution in [0.15, 0.2) is 0 Å². The molecule has 4 N–H and O–H groups in total. The molecule has 5 heteroatoms. The minimum atomic E-state index is -0.150. The van der Waals surface area contributed by atoms with E-state index in [9.17, 15) is 4.79 Å². The SMILES string of the molecule is O=C(CCO)NCCNCCO. The van der Waals surface area contributed by atoms with Crippen molar-refractivity contribution in [2.45, 2.75) is 6.42 Å². The molecular weight excluding hydrogens is 160 g/mol. The van der Waals surface area contributed by atoms with E-state index in [0.717, 1.165) is 0 Å². The van der Waals surface area contributed by atoms with Gasteiger partial charge in [-0.05, 0) is 0 Å². The molecule has 0 fully saturated rings. The Morgan fingerprint density at radius 3 is 2.42 bits per heavy atom. The largest absolute Gasteiger partial charge is 0.396 e. The molecule has 1 amide bonds. The van der Waals surface area contributed by atoms with Gasteiger partial charge in [0.15, 0.2) is 0 Å². The lowest BCUT2D eigenvalue weighted by Crippen LogP contribution is -2.33. The Morgan fingerprint density at radius 2 is 1.83 bits per heavy atom. The van der Waals surface area contributed by atoms with Gasteiger partial charge in [0, 0.05) is 26.1 Å². The van der Waals surface area contributed by atoms with Crippen LogP contribution in [0.4, 0.5) is 0 Å². The topological polar surface area (TPSA) is 81.6 Å². The van der Waals surface area contributed by atoms with Crippen LogP contribution in [0.1, 0.15) is 6.42 Å². The highest BCUT2D eigenvalue weighted by Crippen LogP contribution is 1.74. The smallest absolute Gasteiger partial charge is 0.222 e. The first-order valence-electron chi connectivity index (χ1n) is 4.00.